The molecule has 4 aliphatic rings. The number of rotatable bonds is 21. The fourth-order valence-corrected chi connectivity index (χ4v) is 6.89. The molecule has 0 aromatic heterocycles. The summed E-state index contributed by atoms with van der Waals surface area (Å²) in [6.45, 7) is 5.03. The minimum Gasteiger partial charge on any atom is -0.449 e. The average Bonchev–Trinajstić information content (AvgIpc) is 3.59. The molecule has 4 aliphatic heterocycles. The molecule has 0 aromatic carbocycles. The van der Waals surface area contributed by atoms with E-state index in [2.05, 4.69) is 21.2 Å². The number of carbonyl (C=O) groups excluding carboxylic acids is 7. The molecule has 4 saturated heterocycles. The Balaban J connectivity index is 0.000000945. The van der Waals surface area contributed by atoms with E-state index in [0.717, 1.165) is 4.90 Å². The second kappa shape index (κ2) is 29.5. The van der Waals surface area contributed by atoms with E-state index in [1.165, 1.54) is 47.2 Å². The van der Waals surface area contributed by atoms with Crippen LogP contribution in [0.1, 0.15) is 46.5 Å². The molecular weight excluding hydrogens is 1140 g/mol. The Morgan fingerprint density at radius 1 is 0.620 bits per heavy atom. The lowest BCUT2D eigenvalue weighted by Crippen LogP contribution is -2.50. The van der Waals surface area contributed by atoms with Crippen LogP contribution in [0.3, 0.4) is 0 Å². The van der Waals surface area contributed by atoms with Crippen molar-refractivity contribution in [2.75, 3.05) is 95.4 Å². The van der Waals surface area contributed by atoms with Crippen LogP contribution >= 0.6 is 43.5 Å². The standard InChI is InChI=1S/C15H23F2N3O7.C8H13BrF2O4.C7H11N3O3.C6H14O3.C2BrClF2O/c1-14(7-24-2,8-25-3)26-12(22)15(16,17)27-20-9-4-5-10(11(18)21)19(6-9)13(20)23;1-7(4-13-2,5-14-3)15-6(12)8(9,10)11;8-6(11)5-2-1-4-3-9(5)7(12)10(4)13;1-6(7,4-8-2)5-9-3;3-2(5,6)1(4)7/h9-10H,4-8H2,1-3H3,(H2,18,21);4-5H2,1-3H3;4-5,13H,1-3H2,(H2,8,11);7H,4-5H2,1-3H3;/t9-,10+;;4-,5+;;/m1.1../s1. The van der Waals surface area contributed by atoms with Crippen LogP contribution in [0.2, 0.25) is 0 Å². The maximum Gasteiger partial charge on any atom is 0.477 e. The summed E-state index contributed by atoms with van der Waals surface area (Å²) in [5.41, 5.74) is 6.81. The fraction of sp³-hybridized carbons (Fsp3) is 0.816. The molecule has 0 saturated carbocycles. The number of aliphatic hydroxyl groups is 1. The van der Waals surface area contributed by atoms with Gasteiger partial charge in [-0.05, 0) is 58.1 Å². The number of halogens is 9. The highest BCUT2D eigenvalue weighted by Gasteiger charge is 2.55. The van der Waals surface area contributed by atoms with Gasteiger partial charge in [0.2, 0.25) is 11.8 Å². The van der Waals surface area contributed by atoms with Gasteiger partial charge in [0.15, 0.2) is 11.2 Å². The molecular formula is C38H61Br2ClF6N6O18. The van der Waals surface area contributed by atoms with E-state index in [-0.39, 0.29) is 51.9 Å². The number of carbonyl (C=O) groups is 7. The zero-order valence-corrected chi connectivity index (χ0v) is 44.0. The third-order valence-electron chi connectivity index (χ3n) is 9.62. The van der Waals surface area contributed by atoms with Crippen molar-refractivity contribution in [3.05, 3.63) is 0 Å². The van der Waals surface area contributed by atoms with Crippen molar-refractivity contribution in [2.24, 2.45) is 11.5 Å². The molecule has 71 heavy (non-hydrogen) atoms. The molecule has 0 aliphatic carbocycles. The maximum absolute atomic E-state index is 14.3. The first-order chi connectivity index (χ1) is 32.5. The number of methoxy groups -OCH3 is 6. The number of amides is 6. The Morgan fingerprint density at radius 3 is 1.30 bits per heavy atom. The number of nitrogens with two attached hydrogens (primary N) is 2. The van der Waals surface area contributed by atoms with Crippen LogP contribution in [0, 0.1) is 0 Å². The molecule has 0 unspecified atom stereocenters. The number of alkyl halides is 8. The lowest BCUT2D eigenvalue weighted by molar-refractivity contribution is -0.334. The van der Waals surface area contributed by atoms with Crippen molar-refractivity contribution in [2.45, 2.75) is 103 Å². The monoisotopic (exact) mass is 1200 g/mol. The van der Waals surface area contributed by atoms with Crippen molar-refractivity contribution in [3.8, 4) is 0 Å². The normalized spacial score (nSPS) is 20.0. The molecule has 4 rings (SSSR count). The third kappa shape index (κ3) is 22.3. The van der Waals surface area contributed by atoms with Gasteiger partial charge in [-0.15, -0.1) is 0 Å². The number of nitrogens with zero attached hydrogens (tertiary/aromatic N) is 4. The third-order valence-corrected chi connectivity index (χ3v) is 10.8. The van der Waals surface area contributed by atoms with Crippen LogP contribution in [-0.4, -0.2) is 223 Å². The van der Waals surface area contributed by atoms with Crippen LogP contribution in [0.4, 0.5) is 35.9 Å². The zero-order chi connectivity index (χ0) is 55.5. The molecule has 0 aromatic rings. The molecule has 0 spiro atoms. The predicted molar refractivity (Wildman–Crippen MR) is 237 cm³/mol. The Hall–Kier alpha value is -3.44. The predicted octanol–water partition coefficient (Wildman–Crippen LogP) is 2.33. The van der Waals surface area contributed by atoms with E-state index in [1.807, 2.05) is 15.9 Å². The molecule has 6 N–H and O–H groups in total. The lowest BCUT2D eigenvalue weighted by atomic mass is 10.0. The van der Waals surface area contributed by atoms with Crippen LogP contribution in [-0.2, 0) is 66.7 Å². The molecule has 4 heterocycles. The Bertz CT molecular complexity index is 1760. The molecule has 6 amide bonds. The molecule has 24 nitrogen and oxygen atoms in total. The van der Waals surface area contributed by atoms with Gasteiger partial charge >= 0.3 is 45.0 Å². The van der Waals surface area contributed by atoms with Crippen molar-refractivity contribution < 1.29 is 113 Å². The number of hydrogen-bond acceptors (Lipinski definition) is 18. The van der Waals surface area contributed by atoms with Crippen LogP contribution in [0.5, 0.6) is 0 Å². The van der Waals surface area contributed by atoms with E-state index in [0.29, 0.717) is 42.7 Å². The number of esters is 2. The summed E-state index contributed by atoms with van der Waals surface area (Å²) < 4.78 is 114. The molecule has 0 radical (unpaired) electrons. The van der Waals surface area contributed by atoms with E-state index < -0.39 is 91.8 Å². The van der Waals surface area contributed by atoms with Gasteiger partial charge in [-0.3, -0.25) is 19.6 Å². The van der Waals surface area contributed by atoms with E-state index in [4.69, 9.17) is 44.6 Å². The Morgan fingerprint density at radius 2 is 0.958 bits per heavy atom. The zero-order valence-electron chi connectivity index (χ0n) is 40.1. The van der Waals surface area contributed by atoms with Crippen LogP contribution < -0.4 is 11.5 Å². The number of ether oxygens (including phenoxy) is 8. The smallest absolute Gasteiger partial charge is 0.449 e. The summed E-state index contributed by atoms with van der Waals surface area (Å²) in [7, 11) is 8.45. The summed E-state index contributed by atoms with van der Waals surface area (Å²) in [5.74, 6) is -4.89. The minimum absolute atomic E-state index is 0.00261. The maximum atomic E-state index is 14.3. The van der Waals surface area contributed by atoms with Crippen molar-refractivity contribution in [1.82, 2.24) is 19.9 Å². The number of primary amides is 2. The SMILES string of the molecule is COCC(C)(COC)OC(=O)C(F)(F)Br.COCC(C)(COC)OC(=O)C(F)(F)ON1C(=O)N2C[C@H]1CC[C@H]2C(N)=O.COCC(C)(O)COC.NC(=O)[C@@H]1CC[C@@H]2CN1C(=O)N2O.O=C(Cl)C(F)(F)Br. The quantitative estimate of drug-likeness (QED) is 0.0421. The van der Waals surface area contributed by atoms with E-state index in [1.54, 1.807) is 37.1 Å². The summed E-state index contributed by atoms with van der Waals surface area (Å²) in [6.07, 6.45) is -2.80. The van der Waals surface area contributed by atoms with Crippen molar-refractivity contribution in [1.29, 1.82) is 0 Å². The molecule has 4 fully saturated rings. The number of fused-ring (bicyclic) bond motifs is 4. The Kier molecular flexibility index (Phi) is 28.0. The summed E-state index contributed by atoms with van der Waals surface area (Å²) in [6, 6.07) is -3.79. The summed E-state index contributed by atoms with van der Waals surface area (Å²) in [5, 5.41) is 17.9. The van der Waals surface area contributed by atoms with Gasteiger partial charge < -0.3 is 64.3 Å². The van der Waals surface area contributed by atoms with E-state index in [9.17, 15) is 70.2 Å². The summed E-state index contributed by atoms with van der Waals surface area (Å²) >= 11 is 7.96. The van der Waals surface area contributed by atoms with Gasteiger partial charge in [0.25, 0.3) is 0 Å². The first kappa shape index (κ1) is 67.6. The second-order valence-corrected chi connectivity index (χ2v) is 18.8. The van der Waals surface area contributed by atoms with Crippen LogP contribution in [0.25, 0.3) is 0 Å². The molecule has 414 valence electrons. The second-order valence-electron chi connectivity index (χ2n) is 16.5. The van der Waals surface area contributed by atoms with Gasteiger partial charge in [0, 0.05) is 87.6 Å². The van der Waals surface area contributed by atoms with Gasteiger partial charge in [0.1, 0.15) is 17.7 Å². The number of piperidine rings is 2. The van der Waals surface area contributed by atoms with Crippen molar-refractivity contribution in [3.63, 3.8) is 0 Å². The Labute approximate surface area is 426 Å². The molecule has 33 heteroatoms. The highest BCUT2D eigenvalue weighted by Crippen LogP contribution is 2.34. The van der Waals surface area contributed by atoms with Crippen LogP contribution in [0.15, 0.2) is 0 Å². The first-order valence-corrected chi connectivity index (χ1v) is 22.4. The van der Waals surface area contributed by atoms with Gasteiger partial charge in [-0.25, -0.2) is 24.2 Å². The van der Waals surface area contributed by atoms with E-state index >= 15 is 0 Å². The largest absolute Gasteiger partial charge is 0.477 e. The first-order valence-electron chi connectivity index (χ1n) is 20.5. The topological polar surface area (TPSA) is 308 Å². The number of hydroxylamine groups is 4. The van der Waals surface area contributed by atoms with Crippen molar-refractivity contribution >= 4 is 84.5 Å². The summed E-state index contributed by atoms with van der Waals surface area (Å²) in [4.78, 5) is 77.7. The molecule has 4 bridgehead atoms. The fourth-order valence-electron chi connectivity index (χ4n) is 6.80. The number of urea groups is 2. The highest BCUT2D eigenvalue weighted by atomic mass is 79.9. The lowest BCUT2D eigenvalue weighted by Gasteiger charge is -2.31. The van der Waals surface area contributed by atoms with Gasteiger partial charge in [0.05, 0.1) is 51.7 Å². The average molecular weight is 1200 g/mol. The number of hydrogen-bond donors (Lipinski definition) is 4. The highest BCUT2D eigenvalue weighted by molar-refractivity contribution is 9.10. The van der Waals surface area contributed by atoms with Gasteiger partial charge in [-0.1, -0.05) is 0 Å². The van der Waals surface area contributed by atoms with Gasteiger partial charge in [-0.2, -0.15) is 36.2 Å². The minimum atomic E-state index is -4.43. The molecule has 4 atom stereocenters.